The molecule has 0 N–H and O–H groups in total. The quantitative estimate of drug-likeness (QED) is 0.657. The highest BCUT2D eigenvalue weighted by Gasteiger charge is 2.13. The Kier molecular flexibility index (Phi) is 3.43. The second-order valence-corrected chi connectivity index (χ2v) is 5.17. The summed E-state index contributed by atoms with van der Waals surface area (Å²) in [5, 5.41) is 0. The minimum absolute atomic E-state index is 0.119. The Hall–Kier alpha value is -2.14. The fraction of sp³-hybridized carbons (Fsp3) is 0.250. The molecular formula is C16H16N2. The van der Waals surface area contributed by atoms with Gasteiger partial charge in [-0.15, -0.1) is 0 Å². The summed E-state index contributed by atoms with van der Waals surface area (Å²) in [6, 6.07) is 7.90. The highest BCUT2D eigenvalue weighted by molar-refractivity contribution is 5.40. The fourth-order valence-electron chi connectivity index (χ4n) is 1.54. The largest absolute Gasteiger partial charge is 0.263 e. The number of nitrogens with zero attached hydrogens (tertiary/aromatic N) is 2. The molecule has 0 spiro atoms. The molecule has 0 atom stereocenters. The van der Waals surface area contributed by atoms with Gasteiger partial charge < -0.3 is 0 Å². The molecule has 2 aromatic heterocycles. The molecule has 18 heavy (non-hydrogen) atoms. The van der Waals surface area contributed by atoms with Crippen LogP contribution in [0.15, 0.2) is 42.9 Å². The molecule has 2 aromatic rings. The van der Waals surface area contributed by atoms with Crippen molar-refractivity contribution in [3.05, 3.63) is 59.7 Å². The van der Waals surface area contributed by atoms with Crippen LogP contribution in [-0.2, 0) is 5.41 Å². The first-order chi connectivity index (χ1) is 8.55. The molecule has 0 radical (unpaired) electrons. The zero-order valence-corrected chi connectivity index (χ0v) is 10.9. The lowest BCUT2D eigenvalue weighted by Gasteiger charge is -2.18. The van der Waals surface area contributed by atoms with E-state index in [-0.39, 0.29) is 5.41 Å². The third-order valence-corrected chi connectivity index (χ3v) is 2.62. The van der Waals surface area contributed by atoms with Gasteiger partial charge in [0.15, 0.2) is 0 Å². The first-order valence-corrected chi connectivity index (χ1v) is 5.94. The van der Waals surface area contributed by atoms with Gasteiger partial charge in [0.1, 0.15) is 5.69 Å². The van der Waals surface area contributed by atoms with E-state index in [9.17, 15) is 0 Å². The Bertz CT molecular complexity index is 584. The predicted octanol–water partition coefficient (Wildman–Crippen LogP) is 3.17. The normalized spacial score (nSPS) is 10.6. The lowest BCUT2D eigenvalue weighted by atomic mass is 9.87. The molecule has 0 bridgehead atoms. The summed E-state index contributed by atoms with van der Waals surface area (Å²) in [6.07, 6.45) is 5.30. The molecular weight excluding hydrogens is 220 g/mol. The molecule has 2 nitrogen and oxygen atoms in total. The SMILES string of the molecule is CC(C)(C)c1ccnc(C#Cc2cccnc2)c1. The van der Waals surface area contributed by atoms with Gasteiger partial charge in [-0.1, -0.05) is 26.7 Å². The van der Waals surface area contributed by atoms with E-state index < -0.39 is 0 Å². The van der Waals surface area contributed by atoms with Crippen molar-refractivity contribution in [2.75, 3.05) is 0 Å². The highest BCUT2D eigenvalue weighted by atomic mass is 14.7. The summed E-state index contributed by atoms with van der Waals surface area (Å²) in [5.74, 6) is 6.14. The van der Waals surface area contributed by atoms with Crippen LogP contribution in [0.1, 0.15) is 37.6 Å². The van der Waals surface area contributed by atoms with Crippen molar-refractivity contribution < 1.29 is 0 Å². The van der Waals surface area contributed by atoms with E-state index in [2.05, 4.69) is 42.6 Å². The lowest BCUT2D eigenvalue weighted by molar-refractivity contribution is 0.589. The van der Waals surface area contributed by atoms with Gasteiger partial charge in [-0.2, -0.15) is 0 Å². The summed E-state index contributed by atoms with van der Waals surface area (Å²) < 4.78 is 0. The van der Waals surface area contributed by atoms with Crippen LogP contribution in [0.25, 0.3) is 0 Å². The average Bonchev–Trinajstić information content (AvgIpc) is 2.37. The number of aromatic nitrogens is 2. The van der Waals surface area contributed by atoms with Gasteiger partial charge in [0, 0.05) is 24.2 Å². The summed E-state index contributed by atoms with van der Waals surface area (Å²) in [7, 11) is 0. The van der Waals surface area contributed by atoms with Crippen molar-refractivity contribution in [2.45, 2.75) is 26.2 Å². The van der Waals surface area contributed by atoms with Crippen molar-refractivity contribution >= 4 is 0 Å². The van der Waals surface area contributed by atoms with E-state index in [1.54, 1.807) is 12.4 Å². The van der Waals surface area contributed by atoms with Gasteiger partial charge in [-0.3, -0.25) is 4.98 Å². The summed E-state index contributed by atoms with van der Waals surface area (Å²) in [6.45, 7) is 6.54. The second-order valence-electron chi connectivity index (χ2n) is 5.17. The monoisotopic (exact) mass is 236 g/mol. The third kappa shape index (κ3) is 3.18. The molecule has 0 amide bonds. The Morgan fingerprint density at radius 2 is 1.89 bits per heavy atom. The standard InChI is InChI=1S/C16H16N2/c1-16(2,3)14-8-10-18-15(11-14)7-6-13-5-4-9-17-12-13/h4-5,8-12H,1-3H3. The predicted molar refractivity (Wildman–Crippen MR) is 73.2 cm³/mol. The van der Waals surface area contributed by atoms with Gasteiger partial charge >= 0.3 is 0 Å². The molecule has 2 rings (SSSR count). The Morgan fingerprint density at radius 1 is 1.06 bits per heavy atom. The lowest BCUT2D eigenvalue weighted by Crippen LogP contribution is -2.11. The molecule has 0 aromatic carbocycles. The summed E-state index contributed by atoms with van der Waals surface area (Å²) in [4.78, 5) is 8.30. The third-order valence-electron chi connectivity index (χ3n) is 2.62. The number of pyridine rings is 2. The Balaban J connectivity index is 2.29. The maximum atomic E-state index is 4.27. The van der Waals surface area contributed by atoms with E-state index in [0.29, 0.717) is 0 Å². The Morgan fingerprint density at radius 3 is 2.56 bits per heavy atom. The van der Waals surface area contributed by atoms with Gasteiger partial charge in [0.2, 0.25) is 0 Å². The van der Waals surface area contributed by atoms with Crippen LogP contribution < -0.4 is 0 Å². The van der Waals surface area contributed by atoms with Crippen molar-refractivity contribution in [1.29, 1.82) is 0 Å². The summed E-state index contributed by atoms with van der Waals surface area (Å²) in [5.41, 5.74) is 3.06. The zero-order chi connectivity index (χ0) is 13.0. The van der Waals surface area contributed by atoms with Gasteiger partial charge in [0.05, 0.1) is 0 Å². The van der Waals surface area contributed by atoms with Crippen LogP contribution in [0.4, 0.5) is 0 Å². The van der Waals surface area contributed by atoms with Crippen LogP contribution in [0.2, 0.25) is 0 Å². The van der Waals surface area contributed by atoms with E-state index >= 15 is 0 Å². The topological polar surface area (TPSA) is 25.8 Å². The molecule has 0 aliphatic carbocycles. The molecule has 90 valence electrons. The molecule has 0 saturated heterocycles. The maximum absolute atomic E-state index is 4.27. The molecule has 0 fully saturated rings. The zero-order valence-electron chi connectivity index (χ0n) is 10.9. The van der Waals surface area contributed by atoms with Crippen LogP contribution in [0.3, 0.4) is 0 Å². The first kappa shape index (κ1) is 12.3. The van der Waals surface area contributed by atoms with Crippen LogP contribution in [-0.4, -0.2) is 9.97 Å². The minimum Gasteiger partial charge on any atom is -0.263 e. The molecule has 2 heterocycles. The van der Waals surface area contributed by atoms with E-state index in [0.717, 1.165) is 11.3 Å². The maximum Gasteiger partial charge on any atom is 0.113 e. The van der Waals surface area contributed by atoms with E-state index in [4.69, 9.17) is 0 Å². The highest BCUT2D eigenvalue weighted by Crippen LogP contribution is 2.21. The average molecular weight is 236 g/mol. The molecule has 2 heteroatoms. The van der Waals surface area contributed by atoms with Gasteiger partial charge in [-0.05, 0) is 41.2 Å². The van der Waals surface area contributed by atoms with Crippen LogP contribution >= 0.6 is 0 Å². The molecule has 0 unspecified atom stereocenters. The summed E-state index contributed by atoms with van der Waals surface area (Å²) >= 11 is 0. The van der Waals surface area contributed by atoms with E-state index in [1.165, 1.54) is 5.56 Å². The minimum atomic E-state index is 0.119. The van der Waals surface area contributed by atoms with Crippen LogP contribution in [0, 0.1) is 11.8 Å². The molecule has 0 aliphatic heterocycles. The number of hydrogen-bond donors (Lipinski definition) is 0. The fourth-order valence-corrected chi connectivity index (χ4v) is 1.54. The van der Waals surface area contributed by atoms with Crippen LogP contribution in [0.5, 0.6) is 0 Å². The molecule has 0 saturated carbocycles. The first-order valence-electron chi connectivity index (χ1n) is 5.94. The molecule has 0 aliphatic rings. The van der Waals surface area contributed by atoms with Crippen molar-refractivity contribution in [3.63, 3.8) is 0 Å². The second kappa shape index (κ2) is 5.01. The Labute approximate surface area is 108 Å². The van der Waals surface area contributed by atoms with Gasteiger partial charge in [0.25, 0.3) is 0 Å². The van der Waals surface area contributed by atoms with Crippen molar-refractivity contribution in [2.24, 2.45) is 0 Å². The van der Waals surface area contributed by atoms with Crippen molar-refractivity contribution in [1.82, 2.24) is 9.97 Å². The number of hydrogen-bond acceptors (Lipinski definition) is 2. The van der Waals surface area contributed by atoms with Gasteiger partial charge in [-0.25, -0.2) is 4.98 Å². The van der Waals surface area contributed by atoms with Crippen molar-refractivity contribution in [3.8, 4) is 11.8 Å². The van der Waals surface area contributed by atoms with E-state index in [1.807, 2.05) is 30.5 Å². The smallest absolute Gasteiger partial charge is 0.113 e. The number of rotatable bonds is 0.